The number of nitrogens with two attached hydrogens (primary N) is 1. The highest BCUT2D eigenvalue weighted by molar-refractivity contribution is 7.13. The van der Waals surface area contributed by atoms with Crippen molar-refractivity contribution < 1.29 is 10.0 Å². The van der Waals surface area contributed by atoms with Gasteiger partial charge in [-0.25, -0.2) is 0 Å². The van der Waals surface area contributed by atoms with Crippen LogP contribution in [0.4, 0.5) is 0 Å². The van der Waals surface area contributed by atoms with Crippen molar-refractivity contribution in [2.75, 3.05) is 32.7 Å². The van der Waals surface area contributed by atoms with Crippen LogP contribution in [-0.2, 0) is 0 Å². The van der Waals surface area contributed by atoms with Crippen molar-refractivity contribution in [3.8, 4) is 0 Å². The first-order valence-electron chi connectivity index (χ1n) is 6.14. The lowest BCUT2D eigenvalue weighted by Gasteiger charge is -2.34. The molecule has 1 saturated heterocycles. The van der Waals surface area contributed by atoms with Crippen LogP contribution in [0, 0.1) is 6.92 Å². The Kier molecular flexibility index (Phi) is 4.39. The van der Waals surface area contributed by atoms with E-state index in [1.807, 2.05) is 24.0 Å². The van der Waals surface area contributed by atoms with E-state index in [9.17, 15) is 4.79 Å². The second-order valence-corrected chi connectivity index (χ2v) is 5.86. The Morgan fingerprint density at radius 3 is 2.63 bits per heavy atom. The van der Waals surface area contributed by atoms with Crippen LogP contribution >= 0.6 is 11.3 Å². The first-order valence-corrected chi connectivity index (χ1v) is 6.96. The topological polar surface area (TPSA) is 82.2 Å². The second-order valence-electron chi connectivity index (χ2n) is 4.57. The molecule has 0 saturated carbocycles. The van der Waals surface area contributed by atoms with Gasteiger partial charge >= 0.3 is 0 Å². The number of rotatable bonds is 3. The van der Waals surface area contributed by atoms with Crippen LogP contribution in [0.3, 0.4) is 0 Å². The second kappa shape index (κ2) is 6.03. The molecule has 1 aromatic rings. The van der Waals surface area contributed by atoms with Crippen LogP contribution in [0.25, 0.3) is 0 Å². The maximum Gasteiger partial charge on any atom is 0.264 e. The van der Waals surface area contributed by atoms with Gasteiger partial charge in [0.05, 0.1) is 11.4 Å². The summed E-state index contributed by atoms with van der Waals surface area (Å²) in [6.45, 7) is 5.27. The third-order valence-corrected chi connectivity index (χ3v) is 4.11. The van der Waals surface area contributed by atoms with E-state index in [0.29, 0.717) is 19.6 Å². The lowest BCUT2D eigenvalue weighted by Crippen LogP contribution is -2.50. The minimum atomic E-state index is 0.0987. The van der Waals surface area contributed by atoms with E-state index >= 15 is 0 Å². The summed E-state index contributed by atoms with van der Waals surface area (Å²) in [6, 6.07) is 3.84. The van der Waals surface area contributed by atoms with Gasteiger partial charge in [0.15, 0.2) is 5.84 Å². The highest BCUT2D eigenvalue weighted by Crippen LogP contribution is 2.18. The van der Waals surface area contributed by atoms with E-state index < -0.39 is 0 Å². The summed E-state index contributed by atoms with van der Waals surface area (Å²) in [5.41, 5.74) is 5.47. The molecule has 1 aliphatic heterocycles. The number of thiophene rings is 1. The zero-order valence-electron chi connectivity index (χ0n) is 10.9. The maximum absolute atomic E-state index is 12.2. The van der Waals surface area contributed by atoms with Gasteiger partial charge in [-0.1, -0.05) is 5.16 Å². The molecule has 0 bridgehead atoms. The van der Waals surface area contributed by atoms with E-state index in [0.717, 1.165) is 22.8 Å². The smallest absolute Gasteiger partial charge is 0.264 e. The van der Waals surface area contributed by atoms with Gasteiger partial charge in [-0.2, -0.15) is 0 Å². The van der Waals surface area contributed by atoms with Crippen LogP contribution < -0.4 is 5.73 Å². The van der Waals surface area contributed by atoms with Crippen molar-refractivity contribution in [2.45, 2.75) is 6.92 Å². The molecule has 2 heterocycles. The fraction of sp³-hybridized carbons (Fsp3) is 0.500. The average Bonchev–Trinajstić information content (AvgIpc) is 2.85. The zero-order valence-corrected chi connectivity index (χ0v) is 11.7. The predicted molar refractivity (Wildman–Crippen MR) is 74.8 cm³/mol. The molecule has 0 spiro atoms. The molecule has 0 aliphatic carbocycles. The summed E-state index contributed by atoms with van der Waals surface area (Å²) in [4.78, 5) is 18.1. The molecule has 0 aromatic carbocycles. The third kappa shape index (κ3) is 3.45. The number of oxime groups is 1. The lowest BCUT2D eigenvalue weighted by molar-refractivity contribution is 0.0658. The Morgan fingerprint density at radius 1 is 1.42 bits per heavy atom. The normalized spacial score (nSPS) is 17.7. The van der Waals surface area contributed by atoms with E-state index in [-0.39, 0.29) is 11.7 Å². The Balaban J connectivity index is 1.88. The fourth-order valence-electron chi connectivity index (χ4n) is 2.08. The quantitative estimate of drug-likeness (QED) is 0.367. The molecule has 2 rings (SSSR count). The molecule has 104 valence electrons. The molecule has 1 fully saturated rings. The number of amidine groups is 1. The number of hydrogen-bond donors (Lipinski definition) is 2. The van der Waals surface area contributed by atoms with Gasteiger partial charge in [0.2, 0.25) is 0 Å². The summed E-state index contributed by atoms with van der Waals surface area (Å²) < 4.78 is 0. The van der Waals surface area contributed by atoms with Crippen LogP contribution in [0.5, 0.6) is 0 Å². The standard InChI is InChI=1S/C12H18N4O2S/c1-9-2-3-10(19-9)12(17)16-6-4-15(5-7-16)8-11(13)14-18/h2-3,18H,4-8H2,1H3,(H2,13,14). The highest BCUT2D eigenvalue weighted by Gasteiger charge is 2.23. The van der Waals surface area contributed by atoms with Gasteiger partial charge in [0.1, 0.15) is 0 Å². The molecule has 0 atom stereocenters. The number of nitrogens with zero attached hydrogens (tertiary/aromatic N) is 3. The molecule has 19 heavy (non-hydrogen) atoms. The largest absolute Gasteiger partial charge is 0.409 e. The summed E-state index contributed by atoms with van der Waals surface area (Å²) >= 11 is 1.53. The SMILES string of the molecule is Cc1ccc(C(=O)N2CCN(CC(N)=NO)CC2)s1. The van der Waals surface area contributed by atoms with E-state index in [1.165, 1.54) is 11.3 Å². The molecule has 1 aliphatic rings. The first-order chi connectivity index (χ1) is 9.10. The van der Waals surface area contributed by atoms with E-state index in [2.05, 4.69) is 10.1 Å². The molecule has 6 nitrogen and oxygen atoms in total. The summed E-state index contributed by atoms with van der Waals surface area (Å²) in [6.07, 6.45) is 0. The molecule has 1 amide bonds. The molecule has 3 N–H and O–H groups in total. The van der Waals surface area contributed by atoms with Crippen LogP contribution in [0.15, 0.2) is 17.3 Å². The van der Waals surface area contributed by atoms with Gasteiger partial charge < -0.3 is 15.8 Å². The van der Waals surface area contributed by atoms with Crippen molar-refractivity contribution in [3.63, 3.8) is 0 Å². The highest BCUT2D eigenvalue weighted by atomic mass is 32.1. The van der Waals surface area contributed by atoms with Crippen LogP contribution in [0.1, 0.15) is 14.5 Å². The van der Waals surface area contributed by atoms with Gasteiger partial charge in [-0.15, -0.1) is 11.3 Å². The summed E-state index contributed by atoms with van der Waals surface area (Å²) in [5, 5.41) is 11.5. The van der Waals surface area contributed by atoms with Crippen molar-refractivity contribution >= 4 is 23.1 Å². The molecule has 0 unspecified atom stereocenters. The van der Waals surface area contributed by atoms with Crippen LogP contribution in [-0.4, -0.2) is 59.5 Å². The Morgan fingerprint density at radius 2 is 2.11 bits per heavy atom. The number of piperazine rings is 1. The molecular weight excluding hydrogens is 264 g/mol. The van der Waals surface area contributed by atoms with Crippen molar-refractivity contribution in [1.29, 1.82) is 0 Å². The third-order valence-electron chi connectivity index (χ3n) is 3.12. The number of carbonyl (C=O) groups excluding carboxylic acids is 1. The number of amides is 1. The van der Waals surface area contributed by atoms with Crippen molar-refractivity contribution in [2.24, 2.45) is 10.9 Å². The Hall–Kier alpha value is -1.60. The van der Waals surface area contributed by atoms with E-state index in [4.69, 9.17) is 10.9 Å². The number of aryl methyl sites for hydroxylation is 1. The van der Waals surface area contributed by atoms with Crippen LogP contribution in [0.2, 0.25) is 0 Å². The fourth-order valence-corrected chi connectivity index (χ4v) is 2.91. The van der Waals surface area contributed by atoms with Gasteiger partial charge in [-0.05, 0) is 19.1 Å². The first kappa shape index (κ1) is 13.8. The monoisotopic (exact) mass is 282 g/mol. The summed E-state index contributed by atoms with van der Waals surface area (Å²) in [7, 11) is 0. The zero-order chi connectivity index (χ0) is 13.8. The van der Waals surface area contributed by atoms with Gasteiger partial charge in [0, 0.05) is 31.1 Å². The van der Waals surface area contributed by atoms with Crippen molar-refractivity contribution in [1.82, 2.24) is 9.80 Å². The minimum absolute atomic E-state index is 0.0987. The Labute approximate surface area is 116 Å². The lowest BCUT2D eigenvalue weighted by atomic mass is 10.3. The number of carbonyl (C=O) groups is 1. The maximum atomic E-state index is 12.2. The van der Waals surface area contributed by atoms with Gasteiger partial charge in [-0.3, -0.25) is 9.69 Å². The van der Waals surface area contributed by atoms with Crippen molar-refractivity contribution in [3.05, 3.63) is 21.9 Å². The van der Waals surface area contributed by atoms with E-state index in [1.54, 1.807) is 0 Å². The van der Waals surface area contributed by atoms with Gasteiger partial charge in [0.25, 0.3) is 5.91 Å². The predicted octanol–water partition coefficient (Wildman–Crippen LogP) is 0.561. The molecule has 1 aromatic heterocycles. The summed E-state index contributed by atoms with van der Waals surface area (Å²) in [5.74, 6) is 0.301. The number of hydrogen-bond acceptors (Lipinski definition) is 5. The minimum Gasteiger partial charge on any atom is -0.409 e. The molecule has 0 radical (unpaired) electrons. The molecule has 7 heteroatoms. The average molecular weight is 282 g/mol. The Bertz CT molecular complexity index is 478. The molecular formula is C12H18N4O2S.